The molecule has 0 N–H and O–H groups in total. The number of aromatic nitrogens is 4. The third-order valence-corrected chi connectivity index (χ3v) is 4.75. The zero-order valence-electron chi connectivity index (χ0n) is 13.3. The molecule has 0 saturated carbocycles. The van der Waals surface area contributed by atoms with E-state index < -0.39 is 5.82 Å². The number of Topliss-reactive ketones (excluding diaryl/α,β-unsaturated/α-hetero) is 1. The van der Waals surface area contributed by atoms with Crippen LogP contribution in [0, 0.1) is 5.82 Å². The first kappa shape index (κ1) is 16.6. The second kappa shape index (κ2) is 6.68. The summed E-state index contributed by atoms with van der Waals surface area (Å²) in [7, 11) is 0. The Morgan fingerprint density at radius 1 is 1.33 bits per heavy atom. The number of hydrogen-bond donors (Lipinski definition) is 0. The van der Waals surface area contributed by atoms with Crippen molar-refractivity contribution < 1.29 is 9.18 Å². The highest BCUT2D eigenvalue weighted by Crippen LogP contribution is 2.23. The number of carbonyl (C=O) groups excluding carboxylic acids is 1. The van der Waals surface area contributed by atoms with Crippen LogP contribution in [0.2, 0.25) is 0 Å². The van der Waals surface area contributed by atoms with Crippen molar-refractivity contribution in [2.24, 2.45) is 0 Å². The molecule has 0 saturated heterocycles. The van der Waals surface area contributed by atoms with E-state index in [1.807, 2.05) is 22.4 Å². The van der Waals surface area contributed by atoms with Crippen LogP contribution in [0.15, 0.2) is 41.5 Å². The monoisotopic (exact) mass is 390 g/mol. The number of aryl methyl sites for hydroxylation is 1. The number of hydrogen-bond acceptors (Lipinski definition) is 3. The Bertz CT molecular complexity index is 900. The van der Waals surface area contributed by atoms with Crippen molar-refractivity contribution in [3.05, 3.63) is 64.2 Å². The molecule has 1 aromatic carbocycles. The lowest BCUT2D eigenvalue weighted by atomic mass is 10.1. The lowest BCUT2D eigenvalue weighted by Crippen LogP contribution is -2.07. The summed E-state index contributed by atoms with van der Waals surface area (Å²) >= 11 is 3.55. The van der Waals surface area contributed by atoms with E-state index in [1.54, 1.807) is 18.6 Å². The number of rotatable bonds is 5. The van der Waals surface area contributed by atoms with Crippen molar-refractivity contribution in [1.82, 2.24) is 19.3 Å². The van der Waals surface area contributed by atoms with Gasteiger partial charge in [0, 0.05) is 36.0 Å². The SMILES string of the molecule is CCn1ncc(Cc2cncn2-c2ccc(F)cc2C(C)=O)c1Br. The molecule has 0 aliphatic carbocycles. The molecule has 0 radical (unpaired) electrons. The molecule has 0 bridgehead atoms. The average molecular weight is 391 g/mol. The minimum atomic E-state index is -0.433. The van der Waals surface area contributed by atoms with Crippen molar-refractivity contribution in [1.29, 1.82) is 0 Å². The van der Waals surface area contributed by atoms with Gasteiger partial charge in [-0.2, -0.15) is 5.10 Å². The van der Waals surface area contributed by atoms with Gasteiger partial charge >= 0.3 is 0 Å². The van der Waals surface area contributed by atoms with Gasteiger partial charge in [0.15, 0.2) is 5.78 Å². The van der Waals surface area contributed by atoms with Gasteiger partial charge in [-0.15, -0.1) is 0 Å². The highest BCUT2D eigenvalue weighted by atomic mass is 79.9. The van der Waals surface area contributed by atoms with E-state index >= 15 is 0 Å². The van der Waals surface area contributed by atoms with E-state index in [4.69, 9.17) is 0 Å². The van der Waals surface area contributed by atoms with Crippen LogP contribution in [-0.4, -0.2) is 25.1 Å². The molecule has 124 valence electrons. The van der Waals surface area contributed by atoms with E-state index in [9.17, 15) is 9.18 Å². The zero-order chi connectivity index (χ0) is 17.3. The molecule has 2 heterocycles. The minimum absolute atomic E-state index is 0.191. The van der Waals surface area contributed by atoms with E-state index in [0.717, 1.165) is 22.4 Å². The van der Waals surface area contributed by atoms with Gasteiger partial charge in [0.1, 0.15) is 10.4 Å². The largest absolute Gasteiger partial charge is 0.302 e. The first-order valence-corrected chi connectivity index (χ1v) is 8.32. The van der Waals surface area contributed by atoms with Crippen LogP contribution in [-0.2, 0) is 13.0 Å². The highest BCUT2D eigenvalue weighted by molar-refractivity contribution is 9.10. The van der Waals surface area contributed by atoms with Gasteiger partial charge in [-0.3, -0.25) is 9.48 Å². The molecule has 0 amide bonds. The Labute approximate surface area is 147 Å². The number of imidazole rings is 1. The minimum Gasteiger partial charge on any atom is -0.302 e. The molecule has 3 rings (SSSR count). The van der Waals surface area contributed by atoms with Crippen LogP contribution in [0.1, 0.15) is 35.5 Å². The maximum absolute atomic E-state index is 13.5. The molecule has 7 heteroatoms. The smallest absolute Gasteiger partial charge is 0.162 e. The third-order valence-electron chi connectivity index (χ3n) is 3.83. The molecular weight excluding hydrogens is 375 g/mol. The Balaban J connectivity index is 2.02. The van der Waals surface area contributed by atoms with Crippen LogP contribution < -0.4 is 0 Å². The summed E-state index contributed by atoms with van der Waals surface area (Å²) < 4.78 is 18.1. The Kier molecular flexibility index (Phi) is 4.62. The first-order chi connectivity index (χ1) is 11.5. The summed E-state index contributed by atoms with van der Waals surface area (Å²) in [5.41, 5.74) is 2.86. The molecular formula is C17H16BrFN4O. The third kappa shape index (κ3) is 3.03. The van der Waals surface area contributed by atoms with Crippen molar-refractivity contribution in [3.63, 3.8) is 0 Å². The summed E-state index contributed by atoms with van der Waals surface area (Å²) in [6.07, 6.45) is 5.77. The molecule has 0 unspecified atom stereocenters. The summed E-state index contributed by atoms with van der Waals surface area (Å²) in [4.78, 5) is 16.0. The second-order valence-electron chi connectivity index (χ2n) is 5.43. The highest BCUT2D eigenvalue weighted by Gasteiger charge is 2.15. The van der Waals surface area contributed by atoms with Gasteiger partial charge in [0.2, 0.25) is 0 Å². The molecule has 0 aliphatic heterocycles. The summed E-state index contributed by atoms with van der Waals surface area (Å²) in [6.45, 7) is 4.21. The fraction of sp³-hybridized carbons (Fsp3) is 0.235. The van der Waals surface area contributed by atoms with Crippen LogP contribution in [0.5, 0.6) is 0 Å². The van der Waals surface area contributed by atoms with Crippen molar-refractivity contribution >= 4 is 21.7 Å². The molecule has 3 aromatic rings. The Hall–Kier alpha value is -2.28. The molecule has 2 aromatic heterocycles. The molecule has 0 atom stereocenters. The normalized spacial score (nSPS) is 11.0. The van der Waals surface area contributed by atoms with E-state index in [0.29, 0.717) is 17.7 Å². The summed E-state index contributed by atoms with van der Waals surface area (Å²) in [6, 6.07) is 4.20. The van der Waals surface area contributed by atoms with Crippen LogP contribution in [0.3, 0.4) is 0 Å². The first-order valence-electron chi connectivity index (χ1n) is 7.53. The van der Waals surface area contributed by atoms with E-state index in [1.165, 1.54) is 19.1 Å². The van der Waals surface area contributed by atoms with Crippen molar-refractivity contribution in [2.45, 2.75) is 26.8 Å². The molecule has 0 spiro atoms. The number of ketones is 1. The quantitative estimate of drug-likeness (QED) is 0.622. The number of nitrogens with zero attached hydrogens (tertiary/aromatic N) is 4. The van der Waals surface area contributed by atoms with Gasteiger partial charge in [-0.05, 0) is 48.0 Å². The standard InChI is InChI=1S/C17H16BrFN4O/c1-3-23-17(18)12(8-21-23)6-14-9-20-10-22(14)16-5-4-13(19)7-15(16)11(2)24/h4-5,7-10H,3,6H2,1-2H3. The predicted octanol–water partition coefficient (Wildman–Crippen LogP) is 3.78. The maximum atomic E-state index is 13.5. The van der Waals surface area contributed by atoms with E-state index in [-0.39, 0.29) is 5.78 Å². The number of halogens is 2. The van der Waals surface area contributed by atoms with Crippen molar-refractivity contribution in [2.75, 3.05) is 0 Å². The summed E-state index contributed by atoms with van der Waals surface area (Å²) in [5, 5.41) is 4.31. The van der Waals surface area contributed by atoms with Crippen LogP contribution in [0.25, 0.3) is 5.69 Å². The second-order valence-corrected chi connectivity index (χ2v) is 6.18. The van der Waals surface area contributed by atoms with Gasteiger partial charge in [0.25, 0.3) is 0 Å². The Morgan fingerprint density at radius 2 is 2.12 bits per heavy atom. The maximum Gasteiger partial charge on any atom is 0.162 e. The summed E-state index contributed by atoms with van der Waals surface area (Å²) in [5.74, 6) is -0.623. The van der Waals surface area contributed by atoms with E-state index in [2.05, 4.69) is 26.0 Å². The lowest BCUT2D eigenvalue weighted by molar-refractivity contribution is 0.101. The van der Waals surface area contributed by atoms with Gasteiger partial charge in [-0.25, -0.2) is 9.37 Å². The molecule has 0 fully saturated rings. The Morgan fingerprint density at radius 3 is 2.79 bits per heavy atom. The van der Waals surface area contributed by atoms with Crippen molar-refractivity contribution in [3.8, 4) is 5.69 Å². The lowest BCUT2D eigenvalue weighted by Gasteiger charge is -2.12. The fourth-order valence-corrected chi connectivity index (χ4v) is 3.20. The molecule has 24 heavy (non-hydrogen) atoms. The zero-order valence-corrected chi connectivity index (χ0v) is 14.9. The number of carbonyl (C=O) groups is 1. The van der Waals surface area contributed by atoms with Gasteiger partial charge in [-0.1, -0.05) is 0 Å². The fourth-order valence-electron chi connectivity index (χ4n) is 2.61. The van der Waals surface area contributed by atoms with Crippen LogP contribution >= 0.6 is 15.9 Å². The number of benzene rings is 1. The molecule has 5 nitrogen and oxygen atoms in total. The topological polar surface area (TPSA) is 52.7 Å². The van der Waals surface area contributed by atoms with Gasteiger partial charge < -0.3 is 4.57 Å². The van der Waals surface area contributed by atoms with Gasteiger partial charge in [0.05, 0.1) is 18.2 Å². The average Bonchev–Trinajstić information content (AvgIpc) is 3.15. The predicted molar refractivity (Wildman–Crippen MR) is 91.9 cm³/mol. The molecule has 0 aliphatic rings. The van der Waals surface area contributed by atoms with Crippen LogP contribution in [0.4, 0.5) is 4.39 Å².